The van der Waals surface area contributed by atoms with Gasteiger partial charge in [-0.15, -0.1) is 11.3 Å². The first-order chi connectivity index (χ1) is 9.24. The topological polar surface area (TPSA) is 50.9 Å². The van der Waals surface area contributed by atoms with E-state index in [9.17, 15) is 0 Å². The molecule has 3 nitrogen and oxygen atoms in total. The van der Waals surface area contributed by atoms with Crippen molar-refractivity contribution in [1.82, 2.24) is 10.3 Å². The standard InChI is InChI=1S/C15H21N3S/c1-12-11-19-15(18-12)7-8-17-10-14(16)9-13-5-3-2-4-6-13/h2-6,11,14,17H,7-10,16H2,1H3. The molecule has 0 spiro atoms. The molecule has 0 bridgehead atoms. The maximum atomic E-state index is 6.11. The van der Waals surface area contributed by atoms with Crippen molar-refractivity contribution in [3.63, 3.8) is 0 Å². The van der Waals surface area contributed by atoms with Gasteiger partial charge in [0, 0.05) is 36.6 Å². The Morgan fingerprint density at radius 1 is 1.32 bits per heavy atom. The molecular weight excluding hydrogens is 254 g/mol. The van der Waals surface area contributed by atoms with Gasteiger partial charge in [-0.3, -0.25) is 0 Å². The highest BCUT2D eigenvalue weighted by molar-refractivity contribution is 7.09. The largest absolute Gasteiger partial charge is 0.326 e. The summed E-state index contributed by atoms with van der Waals surface area (Å²) in [5.41, 5.74) is 8.52. The molecular formula is C15H21N3S. The van der Waals surface area contributed by atoms with E-state index in [1.54, 1.807) is 11.3 Å². The van der Waals surface area contributed by atoms with E-state index in [0.29, 0.717) is 0 Å². The van der Waals surface area contributed by atoms with Gasteiger partial charge in [-0.05, 0) is 18.9 Å². The van der Waals surface area contributed by atoms with E-state index in [0.717, 1.165) is 31.6 Å². The summed E-state index contributed by atoms with van der Waals surface area (Å²) < 4.78 is 0. The highest BCUT2D eigenvalue weighted by Crippen LogP contribution is 2.08. The second-order valence-corrected chi connectivity index (χ2v) is 5.73. The highest BCUT2D eigenvalue weighted by Gasteiger charge is 2.04. The van der Waals surface area contributed by atoms with E-state index >= 15 is 0 Å². The van der Waals surface area contributed by atoms with Gasteiger partial charge in [0.15, 0.2) is 0 Å². The zero-order valence-corrected chi connectivity index (χ0v) is 12.1. The zero-order chi connectivity index (χ0) is 13.5. The number of nitrogens with one attached hydrogen (secondary N) is 1. The molecule has 102 valence electrons. The molecule has 0 amide bonds. The average molecular weight is 275 g/mol. The minimum atomic E-state index is 0.167. The Bertz CT molecular complexity index is 481. The summed E-state index contributed by atoms with van der Waals surface area (Å²) in [6.07, 6.45) is 1.90. The van der Waals surface area contributed by atoms with Crippen LogP contribution in [0, 0.1) is 6.92 Å². The van der Waals surface area contributed by atoms with E-state index in [1.807, 2.05) is 13.0 Å². The molecule has 0 radical (unpaired) electrons. The quantitative estimate of drug-likeness (QED) is 0.761. The van der Waals surface area contributed by atoms with Crippen molar-refractivity contribution in [3.05, 3.63) is 52.0 Å². The van der Waals surface area contributed by atoms with Gasteiger partial charge in [0.2, 0.25) is 0 Å². The monoisotopic (exact) mass is 275 g/mol. The number of hydrogen-bond acceptors (Lipinski definition) is 4. The average Bonchev–Trinajstić information content (AvgIpc) is 2.82. The maximum absolute atomic E-state index is 6.11. The molecule has 4 heteroatoms. The fraction of sp³-hybridized carbons (Fsp3) is 0.400. The van der Waals surface area contributed by atoms with Gasteiger partial charge in [0.1, 0.15) is 0 Å². The molecule has 19 heavy (non-hydrogen) atoms. The van der Waals surface area contributed by atoms with Crippen LogP contribution in [-0.4, -0.2) is 24.1 Å². The molecule has 3 N–H and O–H groups in total. The van der Waals surface area contributed by atoms with Crippen molar-refractivity contribution in [3.8, 4) is 0 Å². The number of hydrogen-bond donors (Lipinski definition) is 2. The van der Waals surface area contributed by atoms with Crippen LogP contribution >= 0.6 is 11.3 Å². The van der Waals surface area contributed by atoms with Gasteiger partial charge in [-0.1, -0.05) is 30.3 Å². The second kappa shape index (κ2) is 7.38. The van der Waals surface area contributed by atoms with Gasteiger partial charge < -0.3 is 11.1 Å². The number of thiazole rings is 1. The molecule has 0 aliphatic carbocycles. The lowest BCUT2D eigenvalue weighted by molar-refractivity contribution is 0.574. The number of aromatic nitrogens is 1. The summed E-state index contributed by atoms with van der Waals surface area (Å²) in [6, 6.07) is 10.6. The molecule has 0 aliphatic heterocycles. The Balaban J connectivity index is 1.63. The molecule has 1 atom stereocenters. The van der Waals surface area contributed by atoms with Crippen LogP contribution in [0.25, 0.3) is 0 Å². The lowest BCUT2D eigenvalue weighted by Gasteiger charge is -2.12. The SMILES string of the molecule is Cc1csc(CCNCC(N)Cc2ccccc2)n1. The summed E-state index contributed by atoms with van der Waals surface area (Å²) in [6.45, 7) is 3.82. The summed E-state index contributed by atoms with van der Waals surface area (Å²) in [7, 11) is 0. The van der Waals surface area contributed by atoms with Crippen molar-refractivity contribution < 1.29 is 0 Å². The fourth-order valence-corrected chi connectivity index (χ4v) is 2.77. The van der Waals surface area contributed by atoms with Crippen LogP contribution in [0.15, 0.2) is 35.7 Å². The van der Waals surface area contributed by atoms with Gasteiger partial charge in [-0.2, -0.15) is 0 Å². The maximum Gasteiger partial charge on any atom is 0.0940 e. The van der Waals surface area contributed by atoms with Crippen molar-refractivity contribution in [2.45, 2.75) is 25.8 Å². The highest BCUT2D eigenvalue weighted by atomic mass is 32.1. The lowest BCUT2D eigenvalue weighted by atomic mass is 10.1. The summed E-state index contributed by atoms with van der Waals surface area (Å²) >= 11 is 1.73. The van der Waals surface area contributed by atoms with Crippen LogP contribution in [0.3, 0.4) is 0 Å². The van der Waals surface area contributed by atoms with Crippen LogP contribution in [-0.2, 0) is 12.8 Å². The van der Waals surface area contributed by atoms with Gasteiger partial charge in [-0.25, -0.2) is 4.98 Å². The van der Waals surface area contributed by atoms with Crippen molar-refractivity contribution in [2.75, 3.05) is 13.1 Å². The summed E-state index contributed by atoms with van der Waals surface area (Å²) in [5, 5.41) is 6.69. The molecule has 0 saturated heterocycles. The molecule has 0 aliphatic rings. The predicted molar refractivity (Wildman–Crippen MR) is 81.5 cm³/mol. The first-order valence-corrected chi connectivity index (χ1v) is 7.53. The second-order valence-electron chi connectivity index (χ2n) is 4.79. The first kappa shape index (κ1) is 14.2. The third-order valence-corrected chi connectivity index (χ3v) is 3.96. The number of benzene rings is 1. The number of rotatable bonds is 7. The van der Waals surface area contributed by atoms with E-state index in [1.165, 1.54) is 10.6 Å². The van der Waals surface area contributed by atoms with Crippen LogP contribution in [0.4, 0.5) is 0 Å². The normalized spacial score (nSPS) is 12.5. The molecule has 2 aromatic rings. The Hall–Kier alpha value is -1.23. The number of nitrogens with two attached hydrogens (primary N) is 1. The van der Waals surface area contributed by atoms with Crippen LogP contribution in [0.2, 0.25) is 0 Å². The molecule has 0 saturated carbocycles. The van der Waals surface area contributed by atoms with E-state index < -0.39 is 0 Å². The molecule has 1 heterocycles. The third-order valence-electron chi connectivity index (χ3n) is 2.93. The van der Waals surface area contributed by atoms with Crippen LogP contribution < -0.4 is 11.1 Å². The van der Waals surface area contributed by atoms with Gasteiger partial charge in [0.25, 0.3) is 0 Å². The minimum absolute atomic E-state index is 0.167. The van der Waals surface area contributed by atoms with E-state index in [4.69, 9.17) is 5.73 Å². The third kappa shape index (κ3) is 5.11. The van der Waals surface area contributed by atoms with E-state index in [2.05, 4.69) is 39.9 Å². The van der Waals surface area contributed by atoms with Crippen molar-refractivity contribution in [2.24, 2.45) is 5.73 Å². The molecule has 0 fully saturated rings. The predicted octanol–water partition coefficient (Wildman–Crippen LogP) is 2.15. The molecule has 1 aromatic heterocycles. The minimum Gasteiger partial charge on any atom is -0.326 e. The Morgan fingerprint density at radius 2 is 2.11 bits per heavy atom. The number of aryl methyl sites for hydroxylation is 1. The van der Waals surface area contributed by atoms with E-state index in [-0.39, 0.29) is 6.04 Å². The number of nitrogens with zero attached hydrogens (tertiary/aromatic N) is 1. The fourth-order valence-electron chi connectivity index (χ4n) is 1.99. The Labute approximate surface area is 118 Å². The van der Waals surface area contributed by atoms with Crippen LogP contribution in [0.1, 0.15) is 16.3 Å². The Morgan fingerprint density at radius 3 is 2.79 bits per heavy atom. The molecule has 1 aromatic carbocycles. The first-order valence-electron chi connectivity index (χ1n) is 6.65. The summed E-state index contributed by atoms with van der Waals surface area (Å²) in [5.74, 6) is 0. The lowest BCUT2D eigenvalue weighted by Crippen LogP contribution is -2.36. The molecule has 1 unspecified atom stereocenters. The zero-order valence-electron chi connectivity index (χ0n) is 11.3. The Kier molecular flexibility index (Phi) is 5.51. The van der Waals surface area contributed by atoms with Gasteiger partial charge in [0.05, 0.1) is 5.01 Å². The van der Waals surface area contributed by atoms with Crippen molar-refractivity contribution >= 4 is 11.3 Å². The smallest absolute Gasteiger partial charge is 0.0940 e. The van der Waals surface area contributed by atoms with Crippen molar-refractivity contribution in [1.29, 1.82) is 0 Å². The van der Waals surface area contributed by atoms with Crippen LogP contribution in [0.5, 0.6) is 0 Å². The summed E-state index contributed by atoms with van der Waals surface area (Å²) in [4.78, 5) is 4.44. The molecule has 2 rings (SSSR count). The van der Waals surface area contributed by atoms with Gasteiger partial charge >= 0.3 is 0 Å².